The Balaban J connectivity index is 1.85. The minimum Gasteiger partial charge on any atom is -0.375 e. The molecule has 1 aliphatic rings. The summed E-state index contributed by atoms with van der Waals surface area (Å²) in [6.45, 7) is 6.91. The fourth-order valence-electron chi connectivity index (χ4n) is 3.36. The van der Waals surface area contributed by atoms with Crippen molar-refractivity contribution in [3.63, 3.8) is 0 Å². The molecule has 1 amide bonds. The van der Waals surface area contributed by atoms with Crippen molar-refractivity contribution in [1.82, 2.24) is 15.0 Å². The van der Waals surface area contributed by atoms with Crippen LogP contribution in [0.25, 0.3) is 22.4 Å². The zero-order valence-electron chi connectivity index (χ0n) is 15.1. The van der Waals surface area contributed by atoms with E-state index < -0.39 is 0 Å². The van der Waals surface area contributed by atoms with Crippen LogP contribution in [-0.4, -0.2) is 46.2 Å². The van der Waals surface area contributed by atoms with Crippen LogP contribution in [-0.2, 0) is 4.74 Å². The summed E-state index contributed by atoms with van der Waals surface area (Å²) in [4.78, 5) is 19.8. The van der Waals surface area contributed by atoms with Crippen LogP contribution < -0.4 is 0 Å². The van der Waals surface area contributed by atoms with E-state index in [2.05, 4.69) is 10.1 Å². The van der Waals surface area contributed by atoms with Gasteiger partial charge in [0, 0.05) is 12.1 Å². The number of carbonyl (C=O) groups excluding carboxylic acids is 1. The molecule has 3 aromatic rings. The topological polar surface area (TPSA) is 68.5 Å². The van der Waals surface area contributed by atoms with Gasteiger partial charge in [0.2, 0.25) is 0 Å². The first kappa shape index (κ1) is 16.7. The van der Waals surface area contributed by atoms with Crippen LogP contribution in [0.5, 0.6) is 0 Å². The van der Waals surface area contributed by atoms with Crippen LogP contribution in [0, 0.1) is 6.92 Å². The first-order valence-corrected chi connectivity index (χ1v) is 8.79. The molecule has 0 saturated carbocycles. The highest BCUT2D eigenvalue weighted by Gasteiger charge is 2.30. The van der Waals surface area contributed by atoms with Gasteiger partial charge in [-0.2, -0.15) is 0 Å². The van der Waals surface area contributed by atoms with E-state index in [4.69, 9.17) is 9.26 Å². The number of nitrogens with zero attached hydrogens (tertiary/aromatic N) is 3. The van der Waals surface area contributed by atoms with Gasteiger partial charge in [-0.3, -0.25) is 4.79 Å². The molecule has 0 bridgehead atoms. The first-order valence-electron chi connectivity index (χ1n) is 8.79. The molecular weight excluding hydrogens is 330 g/mol. The maximum absolute atomic E-state index is 13.4. The van der Waals surface area contributed by atoms with Crippen molar-refractivity contribution >= 4 is 17.0 Å². The van der Waals surface area contributed by atoms with Crippen LogP contribution in [0.15, 0.2) is 40.9 Å². The van der Waals surface area contributed by atoms with Gasteiger partial charge < -0.3 is 14.2 Å². The number of hydrogen-bond acceptors (Lipinski definition) is 5. The fraction of sp³-hybridized carbons (Fsp3) is 0.350. The van der Waals surface area contributed by atoms with Crippen molar-refractivity contribution in [3.05, 3.63) is 47.7 Å². The molecule has 0 radical (unpaired) electrons. The first-order chi connectivity index (χ1) is 12.5. The lowest BCUT2D eigenvalue weighted by Crippen LogP contribution is -2.50. The van der Waals surface area contributed by atoms with Crippen molar-refractivity contribution in [2.75, 3.05) is 13.2 Å². The van der Waals surface area contributed by atoms with Crippen LogP contribution in [0.1, 0.15) is 29.9 Å². The molecule has 1 fully saturated rings. The molecule has 26 heavy (non-hydrogen) atoms. The number of ether oxygens (including phenoxy) is 1. The predicted molar refractivity (Wildman–Crippen MR) is 97.9 cm³/mol. The third-order valence-corrected chi connectivity index (χ3v) is 4.79. The van der Waals surface area contributed by atoms with E-state index in [1.807, 2.05) is 62.1 Å². The molecule has 6 heteroatoms. The number of fused-ring (bicyclic) bond motifs is 1. The Hall–Kier alpha value is -2.73. The zero-order valence-corrected chi connectivity index (χ0v) is 15.1. The molecule has 2 atom stereocenters. The Kier molecular flexibility index (Phi) is 4.20. The van der Waals surface area contributed by atoms with Gasteiger partial charge >= 0.3 is 0 Å². The molecule has 0 N–H and O–H groups in total. The Morgan fingerprint density at radius 1 is 1.23 bits per heavy atom. The highest BCUT2D eigenvalue weighted by atomic mass is 16.5. The van der Waals surface area contributed by atoms with Gasteiger partial charge in [0.1, 0.15) is 0 Å². The highest BCUT2D eigenvalue weighted by molar-refractivity contribution is 6.07. The summed E-state index contributed by atoms with van der Waals surface area (Å²) in [6.07, 6.45) is 0.0182. The van der Waals surface area contributed by atoms with Crippen molar-refractivity contribution in [2.24, 2.45) is 0 Å². The van der Waals surface area contributed by atoms with Gasteiger partial charge in [0.25, 0.3) is 11.6 Å². The number of hydrogen-bond donors (Lipinski definition) is 0. The molecule has 1 aliphatic heterocycles. The molecule has 1 aromatic carbocycles. The van der Waals surface area contributed by atoms with E-state index in [-0.39, 0.29) is 18.1 Å². The molecule has 134 valence electrons. The molecule has 3 heterocycles. The quantitative estimate of drug-likeness (QED) is 0.707. The van der Waals surface area contributed by atoms with E-state index in [1.165, 1.54) is 0 Å². The average molecular weight is 351 g/mol. The van der Waals surface area contributed by atoms with Crippen LogP contribution in [0.3, 0.4) is 0 Å². The van der Waals surface area contributed by atoms with Crippen molar-refractivity contribution in [3.8, 4) is 11.3 Å². The Morgan fingerprint density at radius 3 is 2.77 bits per heavy atom. The zero-order chi connectivity index (χ0) is 18.3. The lowest BCUT2D eigenvalue weighted by atomic mass is 10.0. The maximum atomic E-state index is 13.4. The minimum atomic E-state index is -0.0384. The average Bonchev–Trinajstić information content (AvgIpc) is 3.04. The second kappa shape index (κ2) is 6.53. The van der Waals surface area contributed by atoms with Crippen molar-refractivity contribution in [1.29, 1.82) is 0 Å². The summed E-state index contributed by atoms with van der Waals surface area (Å²) < 4.78 is 11.0. The van der Waals surface area contributed by atoms with E-state index in [9.17, 15) is 4.79 Å². The van der Waals surface area contributed by atoms with E-state index >= 15 is 0 Å². The van der Waals surface area contributed by atoms with Gasteiger partial charge in [0.15, 0.2) is 0 Å². The summed E-state index contributed by atoms with van der Waals surface area (Å²) in [5, 5.41) is 4.70. The molecule has 0 spiro atoms. The smallest absolute Gasteiger partial charge is 0.259 e. The monoisotopic (exact) mass is 351 g/mol. The Bertz CT molecular complexity index is 952. The molecule has 0 aliphatic carbocycles. The Labute approximate surface area is 151 Å². The van der Waals surface area contributed by atoms with E-state index in [0.29, 0.717) is 41.2 Å². The number of amides is 1. The minimum absolute atomic E-state index is 0.0160. The summed E-state index contributed by atoms with van der Waals surface area (Å²) in [6, 6.07) is 11.6. The second-order valence-corrected chi connectivity index (χ2v) is 6.82. The number of rotatable bonds is 2. The lowest BCUT2D eigenvalue weighted by Gasteiger charge is -2.37. The molecule has 1 saturated heterocycles. The largest absolute Gasteiger partial charge is 0.375 e. The van der Waals surface area contributed by atoms with Crippen LogP contribution in [0.2, 0.25) is 0 Å². The summed E-state index contributed by atoms with van der Waals surface area (Å²) in [7, 11) is 0. The van der Waals surface area contributed by atoms with Gasteiger partial charge in [0.05, 0.1) is 41.1 Å². The fourth-order valence-corrected chi connectivity index (χ4v) is 3.36. The Morgan fingerprint density at radius 2 is 2.00 bits per heavy atom. The standard InChI is InChI=1S/C20H21N3O3/c1-12-11-25-13(2)10-23(12)20(24)16-9-17(15-7-5-4-6-8-15)21-19-18(16)14(3)22-26-19/h4-9,12-13H,10-11H2,1-3H3. The highest BCUT2D eigenvalue weighted by Crippen LogP contribution is 2.29. The number of carbonyl (C=O) groups is 1. The normalized spacial score (nSPS) is 20.5. The second-order valence-electron chi connectivity index (χ2n) is 6.82. The van der Waals surface area contributed by atoms with Crippen LogP contribution in [0.4, 0.5) is 0 Å². The number of aryl methyl sites for hydroxylation is 1. The third kappa shape index (κ3) is 2.86. The van der Waals surface area contributed by atoms with Crippen LogP contribution >= 0.6 is 0 Å². The van der Waals surface area contributed by atoms with Gasteiger partial charge in [-0.05, 0) is 26.8 Å². The lowest BCUT2D eigenvalue weighted by molar-refractivity contribution is -0.0386. The van der Waals surface area contributed by atoms with Gasteiger partial charge in [-0.1, -0.05) is 35.5 Å². The third-order valence-electron chi connectivity index (χ3n) is 4.79. The summed E-state index contributed by atoms with van der Waals surface area (Å²) >= 11 is 0. The summed E-state index contributed by atoms with van der Waals surface area (Å²) in [5.41, 5.74) is 3.27. The predicted octanol–water partition coefficient (Wildman–Crippen LogP) is 3.45. The van der Waals surface area contributed by atoms with E-state index in [0.717, 1.165) is 5.56 Å². The molecule has 6 nitrogen and oxygen atoms in total. The maximum Gasteiger partial charge on any atom is 0.259 e. The molecular formula is C20H21N3O3. The van der Waals surface area contributed by atoms with E-state index in [1.54, 1.807) is 0 Å². The van der Waals surface area contributed by atoms with Gasteiger partial charge in [-0.15, -0.1) is 0 Å². The molecule has 2 unspecified atom stereocenters. The molecule has 2 aromatic heterocycles. The van der Waals surface area contributed by atoms with Crippen molar-refractivity contribution < 1.29 is 14.1 Å². The number of pyridine rings is 1. The van der Waals surface area contributed by atoms with Crippen molar-refractivity contribution in [2.45, 2.75) is 32.9 Å². The SMILES string of the molecule is Cc1noc2nc(-c3ccccc3)cc(C(=O)N3CC(C)OCC3C)c12. The summed E-state index contributed by atoms with van der Waals surface area (Å²) in [5.74, 6) is -0.0384. The number of morpholine rings is 1. The van der Waals surface area contributed by atoms with Gasteiger partial charge in [-0.25, -0.2) is 4.98 Å². The number of benzene rings is 1. The number of aromatic nitrogens is 2. The molecule has 4 rings (SSSR count).